The van der Waals surface area contributed by atoms with Crippen molar-refractivity contribution in [1.29, 1.82) is 0 Å². The van der Waals surface area contributed by atoms with Crippen LogP contribution in [0, 0.1) is 5.82 Å². The number of aromatic nitrogens is 4. The van der Waals surface area contributed by atoms with E-state index in [9.17, 15) is 9.18 Å². The molecule has 144 valence electrons. The quantitative estimate of drug-likeness (QED) is 0.575. The third kappa shape index (κ3) is 3.04. The van der Waals surface area contributed by atoms with E-state index in [-0.39, 0.29) is 11.7 Å². The molecule has 7 heteroatoms. The molecule has 0 bridgehead atoms. The second-order valence-corrected chi connectivity index (χ2v) is 7.16. The largest absolute Gasteiger partial charge is 0.355 e. The molecule has 0 saturated heterocycles. The van der Waals surface area contributed by atoms with Gasteiger partial charge in [0.2, 0.25) is 0 Å². The second kappa shape index (κ2) is 6.77. The molecule has 0 unspecified atom stereocenters. The van der Waals surface area contributed by atoms with Gasteiger partial charge in [0.1, 0.15) is 11.3 Å². The first kappa shape index (κ1) is 17.5. The molecule has 0 aliphatic heterocycles. The monoisotopic (exact) mass is 387 g/mol. The summed E-state index contributed by atoms with van der Waals surface area (Å²) >= 11 is 0. The molecule has 2 aromatic carbocycles. The number of benzene rings is 2. The van der Waals surface area contributed by atoms with E-state index in [2.05, 4.69) is 25.1 Å². The Labute approximate surface area is 166 Å². The fourth-order valence-corrected chi connectivity index (χ4v) is 3.54. The van der Waals surface area contributed by atoms with Gasteiger partial charge in [0.25, 0.3) is 5.91 Å². The van der Waals surface area contributed by atoms with E-state index in [4.69, 9.17) is 0 Å². The number of hydrogen-bond donors (Lipinski definition) is 1. The van der Waals surface area contributed by atoms with Gasteiger partial charge in [-0.2, -0.15) is 5.10 Å². The zero-order valence-corrected chi connectivity index (χ0v) is 15.8. The van der Waals surface area contributed by atoms with Gasteiger partial charge in [0.15, 0.2) is 5.65 Å². The molecule has 1 fully saturated rings. The average molecular weight is 387 g/mol. The molecular formula is C22H18FN5O. The number of nitrogens with one attached hydrogen (secondary N) is 1. The number of hydrogen-bond acceptors (Lipinski definition) is 4. The molecular weight excluding hydrogens is 369 g/mol. The number of nitrogens with zero attached hydrogens (tertiary/aromatic N) is 4. The number of rotatable bonds is 4. The molecule has 29 heavy (non-hydrogen) atoms. The van der Waals surface area contributed by atoms with Crippen LogP contribution in [0.2, 0.25) is 0 Å². The Morgan fingerprint density at radius 3 is 2.59 bits per heavy atom. The van der Waals surface area contributed by atoms with Crippen molar-refractivity contribution >= 4 is 17.1 Å². The molecule has 1 aliphatic carbocycles. The molecule has 2 aromatic heterocycles. The van der Waals surface area contributed by atoms with E-state index in [1.54, 1.807) is 49.6 Å². The lowest BCUT2D eigenvalue weighted by Crippen LogP contribution is -2.17. The van der Waals surface area contributed by atoms with Crippen LogP contribution in [0.4, 0.5) is 4.39 Å². The van der Waals surface area contributed by atoms with Crippen LogP contribution >= 0.6 is 0 Å². The molecule has 1 saturated carbocycles. The van der Waals surface area contributed by atoms with Crippen LogP contribution in [-0.2, 0) is 0 Å². The van der Waals surface area contributed by atoms with Gasteiger partial charge in [-0.3, -0.25) is 4.79 Å². The van der Waals surface area contributed by atoms with Crippen molar-refractivity contribution in [3.05, 3.63) is 66.4 Å². The van der Waals surface area contributed by atoms with Gasteiger partial charge in [-0.05, 0) is 48.2 Å². The fraction of sp³-hybridized carbons (Fsp3) is 0.182. The summed E-state index contributed by atoms with van der Waals surface area (Å²) in [4.78, 5) is 16.3. The van der Waals surface area contributed by atoms with Crippen molar-refractivity contribution in [3.63, 3.8) is 0 Å². The molecule has 1 aliphatic rings. The summed E-state index contributed by atoms with van der Waals surface area (Å²) in [6, 6.07) is 12.3. The summed E-state index contributed by atoms with van der Waals surface area (Å²) in [5.41, 5.74) is 4.83. The maximum atomic E-state index is 14.6. The Bertz CT molecular complexity index is 1230. The van der Waals surface area contributed by atoms with Crippen molar-refractivity contribution in [1.82, 2.24) is 25.1 Å². The third-order valence-corrected chi connectivity index (χ3v) is 5.26. The lowest BCUT2D eigenvalue weighted by atomic mass is 9.98. The van der Waals surface area contributed by atoms with E-state index in [1.807, 2.05) is 6.33 Å². The smallest absolute Gasteiger partial charge is 0.251 e. The summed E-state index contributed by atoms with van der Waals surface area (Å²) in [7, 11) is 1.58. The van der Waals surface area contributed by atoms with Gasteiger partial charge in [-0.1, -0.05) is 18.2 Å². The number of amides is 1. The molecule has 0 atom stereocenters. The highest BCUT2D eigenvalue weighted by molar-refractivity contribution is 5.94. The lowest BCUT2D eigenvalue weighted by molar-refractivity contribution is 0.0963. The van der Waals surface area contributed by atoms with Crippen molar-refractivity contribution in [2.75, 3.05) is 7.05 Å². The Balaban J connectivity index is 1.58. The van der Waals surface area contributed by atoms with E-state index >= 15 is 0 Å². The zero-order valence-electron chi connectivity index (χ0n) is 15.8. The summed E-state index contributed by atoms with van der Waals surface area (Å²) in [5.74, 6) is -0.509. The predicted octanol–water partition coefficient (Wildman–Crippen LogP) is 3.99. The Kier molecular flexibility index (Phi) is 4.08. The SMILES string of the molecule is CNC(=O)c1ccc(-c2cc(-c3cnnc4c3ncn4C3CC3)ccc2F)cc1. The Morgan fingerprint density at radius 2 is 1.86 bits per heavy atom. The minimum Gasteiger partial charge on any atom is -0.355 e. The van der Waals surface area contributed by atoms with Crippen molar-refractivity contribution in [3.8, 4) is 22.3 Å². The summed E-state index contributed by atoms with van der Waals surface area (Å²) in [6.45, 7) is 0. The second-order valence-electron chi connectivity index (χ2n) is 7.16. The number of carbonyl (C=O) groups excluding carboxylic acids is 1. The third-order valence-electron chi connectivity index (χ3n) is 5.26. The molecule has 5 rings (SSSR count). The van der Waals surface area contributed by atoms with Crippen LogP contribution in [0.3, 0.4) is 0 Å². The van der Waals surface area contributed by atoms with Crippen molar-refractivity contribution < 1.29 is 9.18 Å². The highest BCUT2D eigenvalue weighted by atomic mass is 19.1. The highest BCUT2D eigenvalue weighted by Crippen LogP contribution is 2.38. The van der Waals surface area contributed by atoms with Gasteiger partial charge in [0, 0.05) is 29.8 Å². The zero-order chi connectivity index (χ0) is 20.0. The van der Waals surface area contributed by atoms with E-state index in [0.29, 0.717) is 22.7 Å². The van der Waals surface area contributed by atoms with Crippen LogP contribution < -0.4 is 5.32 Å². The normalized spacial score (nSPS) is 13.6. The predicted molar refractivity (Wildman–Crippen MR) is 108 cm³/mol. The van der Waals surface area contributed by atoms with Crippen LogP contribution in [0.15, 0.2) is 55.0 Å². The molecule has 0 spiro atoms. The van der Waals surface area contributed by atoms with Gasteiger partial charge in [-0.25, -0.2) is 9.37 Å². The molecule has 0 radical (unpaired) electrons. The minimum atomic E-state index is -0.330. The number of fused-ring (bicyclic) bond motifs is 1. The maximum Gasteiger partial charge on any atom is 0.251 e. The minimum absolute atomic E-state index is 0.178. The maximum absolute atomic E-state index is 14.6. The summed E-state index contributed by atoms with van der Waals surface area (Å²) < 4.78 is 16.7. The van der Waals surface area contributed by atoms with E-state index in [1.165, 1.54) is 6.07 Å². The Hall–Kier alpha value is -3.61. The fourth-order valence-electron chi connectivity index (χ4n) is 3.54. The molecule has 4 aromatic rings. The highest BCUT2D eigenvalue weighted by Gasteiger charge is 2.26. The van der Waals surface area contributed by atoms with Gasteiger partial charge >= 0.3 is 0 Å². The number of carbonyl (C=O) groups is 1. The lowest BCUT2D eigenvalue weighted by Gasteiger charge is -2.09. The van der Waals surface area contributed by atoms with Crippen molar-refractivity contribution in [2.24, 2.45) is 0 Å². The molecule has 1 amide bonds. The van der Waals surface area contributed by atoms with Gasteiger partial charge < -0.3 is 9.88 Å². The van der Waals surface area contributed by atoms with Gasteiger partial charge in [-0.15, -0.1) is 5.10 Å². The van der Waals surface area contributed by atoms with Crippen molar-refractivity contribution in [2.45, 2.75) is 18.9 Å². The number of halogens is 1. The molecule has 2 heterocycles. The Morgan fingerprint density at radius 1 is 1.10 bits per heavy atom. The average Bonchev–Trinajstić information content (AvgIpc) is 3.52. The number of imidazole rings is 1. The summed E-state index contributed by atoms with van der Waals surface area (Å²) in [5, 5.41) is 11.0. The van der Waals surface area contributed by atoms with Gasteiger partial charge in [0.05, 0.1) is 12.5 Å². The first-order valence-electron chi connectivity index (χ1n) is 9.46. The van der Waals surface area contributed by atoms with Crippen LogP contribution in [0.1, 0.15) is 29.2 Å². The van der Waals surface area contributed by atoms with E-state index in [0.717, 1.165) is 35.1 Å². The molecule has 1 N–H and O–H groups in total. The molecule has 6 nitrogen and oxygen atoms in total. The standard InChI is InChI=1S/C22H18FN5O/c1-24-22(29)14-4-2-13(3-5-14)17-10-15(6-9-19(17)23)18-11-26-27-21-20(18)25-12-28(21)16-7-8-16/h2-6,9-12,16H,7-8H2,1H3,(H,24,29). The van der Waals surface area contributed by atoms with E-state index < -0.39 is 0 Å². The topological polar surface area (TPSA) is 72.7 Å². The summed E-state index contributed by atoms with van der Waals surface area (Å²) in [6.07, 6.45) is 5.73. The van der Waals surface area contributed by atoms with Crippen LogP contribution in [0.5, 0.6) is 0 Å². The van der Waals surface area contributed by atoms with Crippen LogP contribution in [0.25, 0.3) is 33.4 Å². The first-order valence-corrected chi connectivity index (χ1v) is 9.46. The first-order chi connectivity index (χ1) is 14.2. The van der Waals surface area contributed by atoms with Crippen LogP contribution in [-0.4, -0.2) is 32.7 Å².